The van der Waals surface area contributed by atoms with E-state index in [1.165, 1.54) is 94.1 Å². The molecule has 3 aromatic rings. The molecule has 6 N–H and O–H groups in total. The largest absolute Gasteiger partial charge is 0.508 e. The number of hydrogen-bond acceptors (Lipinski definition) is 7. The van der Waals surface area contributed by atoms with E-state index in [9.17, 15) is 15.3 Å². The highest BCUT2D eigenvalue weighted by Gasteiger charge is 2.35. The molecule has 3 heterocycles. The summed E-state index contributed by atoms with van der Waals surface area (Å²) in [5.74, 6) is 1.17. The minimum Gasteiger partial charge on any atom is -0.508 e. The van der Waals surface area contributed by atoms with Crippen molar-refractivity contribution < 1.29 is 34.6 Å². The van der Waals surface area contributed by atoms with Crippen LogP contribution in [0, 0.1) is 0 Å². The summed E-state index contributed by atoms with van der Waals surface area (Å²) in [5, 5.41) is 29.0. The first kappa shape index (κ1) is 47.4. The van der Waals surface area contributed by atoms with Crippen LogP contribution in [0.25, 0.3) is 0 Å². The molecule has 3 fully saturated rings. The van der Waals surface area contributed by atoms with Gasteiger partial charge < -0.3 is 44.7 Å². The molecule has 56 heavy (non-hydrogen) atoms. The number of hydrogen-bond donors (Lipinski definition) is 6. The van der Waals surface area contributed by atoms with Crippen molar-refractivity contribution >= 4 is 7.82 Å². The molecule has 0 saturated carbocycles. The second-order valence-corrected chi connectivity index (χ2v) is 17.7. The Morgan fingerprint density at radius 2 is 0.750 bits per heavy atom. The molecule has 3 aliphatic heterocycles. The third-order valence-electron chi connectivity index (χ3n) is 12.5. The van der Waals surface area contributed by atoms with Gasteiger partial charge in [-0.05, 0) is 152 Å². The Labute approximate surface area is 337 Å². The van der Waals surface area contributed by atoms with Gasteiger partial charge in [0.2, 0.25) is 0 Å². The first-order valence-corrected chi connectivity index (χ1v) is 22.3. The molecule has 3 unspecified atom stereocenters. The smallest absolute Gasteiger partial charge is 0.466 e. The van der Waals surface area contributed by atoms with Crippen molar-refractivity contribution in [2.24, 2.45) is 0 Å². The molecule has 0 radical (unpaired) electrons. The molecule has 10 nitrogen and oxygen atoms in total. The monoisotopic (exact) mass is 798 g/mol. The van der Waals surface area contributed by atoms with Gasteiger partial charge in [-0.2, -0.15) is 0 Å². The van der Waals surface area contributed by atoms with Gasteiger partial charge in [-0.25, -0.2) is 4.57 Å². The van der Waals surface area contributed by atoms with Crippen LogP contribution in [0.4, 0.5) is 0 Å². The average molecular weight is 798 g/mol. The standard InChI is InChI=1S/3C15H23NO.H3O4P/c3*1-3-15(9-4-5-10-16(2)12-15)13-7-6-8-14(17)11-13;1-5(2,3)4/h3*6-8,11,17H,3-5,9-10,12H2,1-2H3;(H3,1,2,3,4). The van der Waals surface area contributed by atoms with Crippen LogP contribution in [-0.2, 0) is 20.8 Å². The lowest BCUT2D eigenvalue weighted by molar-refractivity contribution is 0.256. The van der Waals surface area contributed by atoms with E-state index in [0.29, 0.717) is 17.2 Å². The third kappa shape index (κ3) is 14.8. The predicted octanol–water partition coefficient (Wildman–Crippen LogP) is 8.54. The quantitative estimate of drug-likeness (QED) is 0.134. The number of rotatable bonds is 6. The number of nitrogens with zero attached hydrogens (tertiary/aromatic N) is 3. The highest BCUT2D eigenvalue weighted by molar-refractivity contribution is 7.45. The molecule has 0 spiro atoms. The maximum absolute atomic E-state index is 9.68. The highest BCUT2D eigenvalue weighted by Crippen LogP contribution is 2.40. The zero-order valence-corrected chi connectivity index (χ0v) is 35.9. The van der Waals surface area contributed by atoms with E-state index in [-0.39, 0.29) is 16.2 Å². The Bertz CT molecular complexity index is 1470. The summed E-state index contributed by atoms with van der Waals surface area (Å²) in [7, 11) is 1.98. The minimum absolute atomic E-state index is 0.226. The van der Waals surface area contributed by atoms with Crippen molar-refractivity contribution in [2.75, 3.05) is 60.4 Å². The van der Waals surface area contributed by atoms with Crippen molar-refractivity contribution in [1.82, 2.24) is 14.7 Å². The molecule has 3 atom stereocenters. The van der Waals surface area contributed by atoms with Crippen LogP contribution in [0.2, 0.25) is 0 Å². The van der Waals surface area contributed by atoms with Gasteiger partial charge in [-0.3, -0.25) is 0 Å². The Kier molecular flexibility index (Phi) is 18.9. The van der Waals surface area contributed by atoms with Crippen molar-refractivity contribution in [1.29, 1.82) is 0 Å². The molecule has 0 aromatic heterocycles. The molecule has 3 aliphatic rings. The molecule has 0 aliphatic carbocycles. The molecule has 0 bridgehead atoms. The van der Waals surface area contributed by atoms with Crippen LogP contribution >= 0.6 is 7.82 Å². The number of benzene rings is 3. The topological polar surface area (TPSA) is 148 Å². The first-order chi connectivity index (χ1) is 26.5. The van der Waals surface area contributed by atoms with E-state index < -0.39 is 7.82 Å². The number of phenols is 3. The van der Waals surface area contributed by atoms with E-state index in [1.807, 2.05) is 36.4 Å². The van der Waals surface area contributed by atoms with Crippen LogP contribution in [0.15, 0.2) is 72.8 Å². The Balaban J connectivity index is 0.000000212. The summed E-state index contributed by atoms with van der Waals surface area (Å²) >= 11 is 0. The van der Waals surface area contributed by atoms with Gasteiger partial charge in [0.05, 0.1) is 0 Å². The third-order valence-corrected chi connectivity index (χ3v) is 12.5. The molecule has 6 rings (SSSR count). The SMILES string of the molecule is CCC1(c2cccc(O)c2)CCCCN(C)C1.CCC1(c2cccc(O)c2)CCCCN(C)C1.CCC1(c2cccc(O)c2)CCCCN(C)C1.O=P(O)(O)O. The predicted molar refractivity (Wildman–Crippen MR) is 229 cm³/mol. The fraction of sp³-hybridized carbons (Fsp3) is 0.600. The molecule has 314 valence electrons. The van der Waals surface area contributed by atoms with E-state index >= 15 is 0 Å². The number of likely N-dealkylation sites (tertiary alicyclic amines) is 3. The van der Waals surface area contributed by atoms with Gasteiger partial charge in [0.15, 0.2) is 0 Å². The van der Waals surface area contributed by atoms with E-state index in [1.54, 1.807) is 18.2 Å². The summed E-state index contributed by atoms with van der Waals surface area (Å²) in [5.41, 5.74) is 4.58. The number of aromatic hydroxyl groups is 3. The summed E-state index contributed by atoms with van der Waals surface area (Å²) in [6.07, 6.45) is 14.8. The van der Waals surface area contributed by atoms with E-state index in [2.05, 4.69) is 74.8 Å². The van der Waals surface area contributed by atoms with Crippen LogP contribution in [0.3, 0.4) is 0 Å². The second kappa shape index (κ2) is 22.3. The first-order valence-electron chi connectivity index (χ1n) is 20.7. The van der Waals surface area contributed by atoms with Gasteiger partial charge in [-0.15, -0.1) is 0 Å². The van der Waals surface area contributed by atoms with Gasteiger partial charge in [0, 0.05) is 35.9 Å². The fourth-order valence-electron chi connectivity index (χ4n) is 9.25. The van der Waals surface area contributed by atoms with Gasteiger partial charge in [0.25, 0.3) is 0 Å². The van der Waals surface area contributed by atoms with Gasteiger partial charge in [-0.1, -0.05) is 76.4 Å². The lowest BCUT2D eigenvalue weighted by atomic mass is 9.74. The molecular formula is C45H72N3O7P. The number of phosphoric acid groups is 1. The van der Waals surface area contributed by atoms with Crippen molar-refractivity contribution in [2.45, 2.75) is 114 Å². The van der Waals surface area contributed by atoms with Crippen LogP contribution in [0.5, 0.6) is 17.2 Å². The number of likely N-dealkylation sites (N-methyl/N-ethyl adjacent to an activating group) is 3. The van der Waals surface area contributed by atoms with Crippen molar-refractivity contribution in [3.05, 3.63) is 89.5 Å². The average Bonchev–Trinajstić information content (AvgIpc) is 3.58. The Morgan fingerprint density at radius 3 is 0.964 bits per heavy atom. The van der Waals surface area contributed by atoms with E-state index in [0.717, 1.165) is 38.9 Å². The van der Waals surface area contributed by atoms with Crippen LogP contribution in [0.1, 0.15) is 115 Å². The lowest BCUT2D eigenvalue weighted by Crippen LogP contribution is -2.37. The number of phenolic OH excluding ortho intramolecular Hbond substituents is 3. The minimum atomic E-state index is -4.64. The van der Waals surface area contributed by atoms with E-state index in [4.69, 9.17) is 19.2 Å². The molecule has 11 heteroatoms. The summed E-state index contributed by atoms with van der Waals surface area (Å²) in [4.78, 5) is 28.9. The zero-order chi connectivity index (χ0) is 41.4. The summed E-state index contributed by atoms with van der Waals surface area (Å²) in [6, 6.07) is 23.5. The molecule has 0 amide bonds. The van der Waals surface area contributed by atoms with Crippen LogP contribution in [-0.4, -0.2) is 105 Å². The second-order valence-electron chi connectivity index (χ2n) is 16.7. The van der Waals surface area contributed by atoms with Gasteiger partial charge in [0.1, 0.15) is 17.2 Å². The normalized spacial score (nSPS) is 25.4. The molecule has 3 aromatic carbocycles. The van der Waals surface area contributed by atoms with Gasteiger partial charge >= 0.3 is 7.82 Å². The summed E-state index contributed by atoms with van der Waals surface area (Å²) < 4.78 is 8.88. The zero-order valence-electron chi connectivity index (χ0n) is 35.0. The molecule has 3 saturated heterocycles. The van der Waals surface area contributed by atoms with Crippen molar-refractivity contribution in [3.8, 4) is 17.2 Å². The Morgan fingerprint density at radius 1 is 0.500 bits per heavy atom. The van der Waals surface area contributed by atoms with Crippen LogP contribution < -0.4 is 0 Å². The summed E-state index contributed by atoms with van der Waals surface area (Å²) in [6.45, 7) is 13.7. The fourth-order valence-corrected chi connectivity index (χ4v) is 9.25. The maximum atomic E-state index is 9.68. The maximum Gasteiger partial charge on any atom is 0.466 e. The Hall–Kier alpha value is -2.95. The van der Waals surface area contributed by atoms with Crippen molar-refractivity contribution in [3.63, 3.8) is 0 Å². The highest BCUT2D eigenvalue weighted by atomic mass is 31.2. The lowest BCUT2D eigenvalue weighted by Gasteiger charge is -2.35. The molecular weight excluding hydrogens is 725 g/mol.